The van der Waals surface area contributed by atoms with Crippen molar-refractivity contribution >= 4 is 29.3 Å². The van der Waals surface area contributed by atoms with Crippen molar-refractivity contribution in [3.8, 4) is 11.5 Å². The highest BCUT2D eigenvalue weighted by molar-refractivity contribution is 7.99. The van der Waals surface area contributed by atoms with Crippen molar-refractivity contribution in [2.24, 2.45) is 5.10 Å². The Morgan fingerprint density at radius 1 is 1.22 bits per heavy atom. The van der Waals surface area contributed by atoms with Gasteiger partial charge in [-0.3, -0.25) is 4.79 Å². The molecule has 0 bridgehead atoms. The minimum Gasteiger partial charge on any atom is -0.454 e. The molecule has 1 aromatic heterocycles. The van der Waals surface area contributed by atoms with Gasteiger partial charge in [0.2, 0.25) is 17.9 Å². The number of nitrogens with two attached hydrogens (primary N) is 1. The van der Waals surface area contributed by atoms with E-state index >= 15 is 0 Å². The van der Waals surface area contributed by atoms with E-state index in [9.17, 15) is 9.18 Å². The number of halogens is 1. The zero-order chi connectivity index (χ0) is 22.5. The van der Waals surface area contributed by atoms with E-state index in [4.69, 9.17) is 15.3 Å². The zero-order valence-corrected chi connectivity index (χ0v) is 17.9. The first-order chi connectivity index (χ1) is 15.5. The minimum atomic E-state index is -0.322. The lowest BCUT2D eigenvalue weighted by Crippen LogP contribution is -2.25. The average molecular weight is 457 g/mol. The predicted octanol–water partition coefficient (Wildman–Crippen LogP) is 2.10. The maximum Gasteiger partial charge on any atom is 0.264 e. The third-order valence-electron chi connectivity index (χ3n) is 4.51. The lowest BCUT2D eigenvalue weighted by atomic mass is 10.1. The van der Waals surface area contributed by atoms with Crippen LogP contribution in [-0.2, 0) is 11.3 Å². The summed E-state index contributed by atoms with van der Waals surface area (Å²) in [5, 5.41) is 15.3. The molecule has 3 aromatic rings. The van der Waals surface area contributed by atoms with Crippen LogP contribution in [0.5, 0.6) is 11.5 Å². The first-order valence-electron chi connectivity index (χ1n) is 9.54. The van der Waals surface area contributed by atoms with E-state index in [1.165, 1.54) is 16.8 Å². The van der Waals surface area contributed by atoms with Gasteiger partial charge in [0.15, 0.2) is 11.5 Å². The maximum atomic E-state index is 12.9. The third-order valence-corrected chi connectivity index (χ3v) is 5.46. The number of hydrogen-bond donors (Lipinski definition) is 3. The predicted molar refractivity (Wildman–Crippen MR) is 118 cm³/mol. The number of hydrazone groups is 1. The summed E-state index contributed by atoms with van der Waals surface area (Å²) in [4.78, 5) is 12.1. The van der Waals surface area contributed by atoms with Crippen LogP contribution in [0.15, 0.2) is 52.7 Å². The Bertz CT molecular complexity index is 1150. The third kappa shape index (κ3) is 5.09. The summed E-state index contributed by atoms with van der Waals surface area (Å²) in [6.45, 7) is 2.33. The van der Waals surface area contributed by atoms with Gasteiger partial charge in [-0.05, 0) is 42.8 Å². The van der Waals surface area contributed by atoms with E-state index in [0.29, 0.717) is 28.9 Å². The van der Waals surface area contributed by atoms with Crippen LogP contribution in [0.4, 0.5) is 10.3 Å². The second-order valence-electron chi connectivity index (χ2n) is 6.75. The minimum absolute atomic E-state index is 0.0933. The number of nitrogens with zero attached hydrogens (tertiary/aromatic N) is 4. The molecule has 0 unspecified atom stereocenters. The molecule has 10 nitrogen and oxygen atoms in total. The summed E-state index contributed by atoms with van der Waals surface area (Å²) in [6, 6.07) is 11.4. The van der Waals surface area contributed by atoms with Gasteiger partial charge in [0.05, 0.1) is 11.5 Å². The number of anilines is 1. The van der Waals surface area contributed by atoms with Gasteiger partial charge >= 0.3 is 0 Å². The number of benzene rings is 2. The number of carbonyl (C=O) groups excluding carboxylic acids is 1. The highest BCUT2D eigenvalue weighted by Gasteiger charge is 2.15. The first-order valence-corrected chi connectivity index (χ1v) is 10.5. The van der Waals surface area contributed by atoms with E-state index in [1.54, 1.807) is 12.1 Å². The van der Waals surface area contributed by atoms with Crippen LogP contribution in [0.25, 0.3) is 0 Å². The number of amides is 1. The number of hydrogen-bond acceptors (Lipinski definition) is 9. The lowest BCUT2D eigenvalue weighted by Gasteiger charge is -2.06. The number of fused-ring (bicyclic) bond motifs is 1. The van der Waals surface area contributed by atoms with Crippen LogP contribution < -0.4 is 26.1 Å². The van der Waals surface area contributed by atoms with Crippen molar-refractivity contribution in [3.63, 3.8) is 0 Å². The van der Waals surface area contributed by atoms with E-state index in [2.05, 4.69) is 26.0 Å². The van der Waals surface area contributed by atoms with Gasteiger partial charge in [-0.2, -0.15) is 5.10 Å². The molecule has 2 aromatic carbocycles. The molecular weight excluding hydrogens is 437 g/mol. The van der Waals surface area contributed by atoms with E-state index in [0.717, 1.165) is 22.9 Å². The van der Waals surface area contributed by atoms with Crippen LogP contribution in [0, 0.1) is 5.82 Å². The molecular formula is C20H20FN7O3S. The van der Waals surface area contributed by atoms with Crippen molar-refractivity contribution in [1.29, 1.82) is 0 Å². The van der Waals surface area contributed by atoms with Gasteiger partial charge in [0, 0.05) is 12.1 Å². The maximum absolute atomic E-state index is 12.9. The van der Waals surface area contributed by atoms with Gasteiger partial charge in [-0.1, -0.05) is 23.9 Å². The number of carbonyl (C=O) groups is 1. The van der Waals surface area contributed by atoms with Crippen molar-refractivity contribution in [3.05, 3.63) is 59.4 Å². The Kier molecular flexibility index (Phi) is 6.40. The molecule has 1 aliphatic heterocycles. The largest absolute Gasteiger partial charge is 0.454 e. The summed E-state index contributed by atoms with van der Waals surface area (Å²) in [5.74, 6) is 7.14. The fourth-order valence-corrected chi connectivity index (χ4v) is 3.44. The molecule has 2 heterocycles. The number of nitrogens with one attached hydrogen (secondary N) is 2. The summed E-state index contributed by atoms with van der Waals surface area (Å²) in [7, 11) is 0. The number of ether oxygens (including phenoxy) is 2. The lowest BCUT2D eigenvalue weighted by molar-refractivity contribution is -0.118. The van der Waals surface area contributed by atoms with Gasteiger partial charge < -0.3 is 20.6 Å². The highest BCUT2D eigenvalue weighted by atomic mass is 32.2. The van der Waals surface area contributed by atoms with Gasteiger partial charge in [-0.15, -0.1) is 10.2 Å². The van der Waals surface area contributed by atoms with Crippen LogP contribution in [0.1, 0.15) is 18.1 Å². The van der Waals surface area contributed by atoms with Crippen LogP contribution in [0.2, 0.25) is 0 Å². The van der Waals surface area contributed by atoms with Crippen LogP contribution >= 0.6 is 11.8 Å². The number of thioether (sulfide) groups is 1. The Hall–Kier alpha value is -3.80. The summed E-state index contributed by atoms with van der Waals surface area (Å²) in [5.41, 5.74) is 5.10. The normalized spacial score (nSPS) is 12.6. The molecule has 1 aliphatic rings. The second kappa shape index (κ2) is 9.56. The highest BCUT2D eigenvalue weighted by Crippen LogP contribution is 2.32. The molecule has 0 spiro atoms. The number of aromatic nitrogens is 3. The van der Waals surface area contributed by atoms with Crippen molar-refractivity contribution in [1.82, 2.24) is 20.2 Å². The monoisotopic (exact) mass is 457 g/mol. The number of rotatable bonds is 8. The average Bonchev–Trinajstić information content (AvgIpc) is 3.41. The summed E-state index contributed by atoms with van der Waals surface area (Å²) >= 11 is 1.13. The van der Waals surface area contributed by atoms with Crippen LogP contribution in [0.3, 0.4) is 0 Å². The molecule has 0 radical (unpaired) electrons. The molecule has 12 heteroatoms. The Morgan fingerprint density at radius 3 is 2.81 bits per heavy atom. The smallest absolute Gasteiger partial charge is 0.264 e. The van der Waals surface area contributed by atoms with Crippen LogP contribution in [-0.4, -0.2) is 39.0 Å². The Morgan fingerprint density at radius 2 is 2.00 bits per heavy atom. The second-order valence-corrected chi connectivity index (χ2v) is 7.69. The van der Waals surface area contributed by atoms with E-state index in [1.807, 2.05) is 25.1 Å². The molecule has 0 atom stereocenters. The standard InChI is InChI=1S/C20H20FN7O3S/c1-12(14-4-7-16-17(8-14)31-11-30-16)24-25-19-26-27-20(28(19)22)32-10-18(29)23-9-13-2-5-15(21)6-3-13/h2-8H,9-11,22H2,1H3,(H,23,29)(H,25,26)/b24-12+. The Labute approximate surface area is 187 Å². The molecule has 4 rings (SSSR count). The van der Waals surface area contributed by atoms with Gasteiger partial charge in [0.25, 0.3) is 5.95 Å². The van der Waals surface area contributed by atoms with Gasteiger partial charge in [-0.25, -0.2) is 14.5 Å². The topological polar surface area (TPSA) is 129 Å². The summed E-state index contributed by atoms with van der Waals surface area (Å²) < 4.78 is 24.8. The van der Waals surface area contributed by atoms with Crippen molar-refractivity contribution in [2.75, 3.05) is 23.8 Å². The SMILES string of the molecule is C/C(=N\Nc1nnc(SCC(=O)NCc2ccc(F)cc2)n1N)c1ccc2c(c1)OCO2. The quantitative estimate of drug-likeness (QED) is 0.203. The van der Waals surface area contributed by atoms with E-state index in [-0.39, 0.29) is 30.2 Å². The molecule has 32 heavy (non-hydrogen) atoms. The molecule has 166 valence electrons. The fraction of sp³-hybridized carbons (Fsp3) is 0.200. The fourth-order valence-electron chi connectivity index (χ4n) is 2.76. The molecule has 0 saturated carbocycles. The Balaban J connectivity index is 1.29. The zero-order valence-electron chi connectivity index (χ0n) is 17.0. The molecule has 4 N–H and O–H groups in total. The number of nitrogen functional groups attached to an aromatic ring is 1. The molecule has 0 saturated heterocycles. The molecule has 0 fully saturated rings. The summed E-state index contributed by atoms with van der Waals surface area (Å²) in [6.07, 6.45) is 0. The van der Waals surface area contributed by atoms with Gasteiger partial charge in [0.1, 0.15) is 5.82 Å². The van der Waals surface area contributed by atoms with Crippen molar-refractivity contribution in [2.45, 2.75) is 18.6 Å². The van der Waals surface area contributed by atoms with E-state index < -0.39 is 0 Å². The molecule has 1 amide bonds. The molecule has 0 aliphatic carbocycles. The van der Waals surface area contributed by atoms with Crippen molar-refractivity contribution < 1.29 is 18.7 Å². The first kappa shape index (κ1) is 21.4.